The standard InChI is InChI=1S/Ca.3O.U.V.2H. The Morgan fingerprint density at radius 2 is 1.67 bits per heavy atom. The first kappa shape index (κ1) is 11.3. The van der Waals surface area contributed by atoms with Crippen LogP contribution in [0.5, 0.6) is 0 Å². The summed E-state index contributed by atoms with van der Waals surface area (Å²) in [6.07, 6.45) is 0. The topological polar surface area (TPSA) is 43.4 Å². The normalized spacial score (nSPS) is 6.33. The van der Waals surface area contributed by atoms with Gasteiger partial charge in [0.2, 0.25) is 0 Å². The molecule has 0 aromatic carbocycles. The second kappa shape index (κ2) is 7.46. The molecule has 0 spiro atoms. The van der Waals surface area contributed by atoms with Gasteiger partial charge in [0.25, 0.3) is 0 Å². The van der Waals surface area contributed by atoms with Crippen LogP contribution >= 0.6 is 0 Å². The van der Waals surface area contributed by atoms with Gasteiger partial charge in [-0.25, -0.2) is 0 Å². The van der Waals surface area contributed by atoms with E-state index in [0.717, 1.165) is 0 Å². The Labute approximate surface area is 89.5 Å². The predicted molar refractivity (Wildman–Crippen MR) is 11.0 cm³/mol. The molecule has 0 saturated carbocycles. The summed E-state index contributed by atoms with van der Waals surface area (Å²) in [5.41, 5.74) is 0. The Hall–Kier alpha value is 2.46. The fourth-order valence-corrected chi connectivity index (χ4v) is 0. The molecule has 0 aromatic heterocycles. The van der Waals surface area contributed by atoms with Gasteiger partial charge in [0.05, 0.1) is 0 Å². The van der Waals surface area contributed by atoms with Gasteiger partial charge in [-0.1, -0.05) is 0 Å². The van der Waals surface area contributed by atoms with Crippen LogP contribution in [0.2, 0.25) is 0 Å². The van der Waals surface area contributed by atoms with Crippen molar-refractivity contribution < 1.29 is 53.8 Å². The summed E-state index contributed by atoms with van der Waals surface area (Å²) >= 11 is -2.99. The predicted octanol–water partition coefficient (Wildman–Crippen LogP) is -1.22. The van der Waals surface area contributed by atoms with Crippen LogP contribution in [0, 0.1) is 29.9 Å². The molecule has 3 nitrogen and oxygen atoms in total. The molecule has 0 saturated heterocycles. The van der Waals surface area contributed by atoms with E-state index in [9.17, 15) is 7.35 Å². The Balaban J connectivity index is 0. The molecule has 0 aliphatic carbocycles. The fourth-order valence-electron chi connectivity index (χ4n) is 0. The molecule has 0 aliphatic rings. The van der Waals surface area contributed by atoms with Gasteiger partial charge < -0.3 is 0 Å². The molecule has 0 aliphatic heterocycles. The summed E-state index contributed by atoms with van der Waals surface area (Å²) < 4.78 is 22.6. The molecule has 0 fully saturated rings. The SMILES string of the molecule is [CaH2].[O]=[V](=[O])[O][U]. The Bertz CT molecular complexity index is 68.9. The summed E-state index contributed by atoms with van der Waals surface area (Å²) in [5, 5.41) is 0. The zero-order valence-electron chi connectivity index (χ0n) is 2.17. The summed E-state index contributed by atoms with van der Waals surface area (Å²) in [5.74, 6) is 0. The monoisotopic (exact) mass is 379 g/mol. The van der Waals surface area contributed by atoms with Gasteiger partial charge in [0, 0.05) is 0 Å². The molecule has 0 amide bonds. The van der Waals surface area contributed by atoms with Crippen molar-refractivity contribution in [2.45, 2.75) is 0 Å². The maximum atomic E-state index is 9.31. The minimum absolute atomic E-state index is 0. The Morgan fingerprint density at radius 1 is 1.50 bits per heavy atom. The maximum absolute atomic E-state index is 9.31. The average Bonchev–Trinajstić information content (AvgIpc) is 1.38. The first-order valence-electron chi connectivity index (χ1n) is 0.752. The molecule has 31 valence electrons. The van der Waals surface area contributed by atoms with Crippen LogP contribution in [-0.2, 0) is 23.9 Å². The van der Waals surface area contributed by atoms with Gasteiger partial charge in [0.15, 0.2) is 0 Å². The minimum atomic E-state index is -3.13. The van der Waals surface area contributed by atoms with E-state index in [4.69, 9.17) is 0 Å². The summed E-state index contributed by atoms with van der Waals surface area (Å²) in [6.45, 7) is 0. The summed E-state index contributed by atoms with van der Waals surface area (Å²) in [6, 6.07) is 0. The van der Waals surface area contributed by atoms with Crippen molar-refractivity contribution in [3.63, 3.8) is 0 Å². The molecule has 0 atom stereocenters. The van der Waals surface area contributed by atoms with Crippen LogP contribution in [0.4, 0.5) is 0 Å². The van der Waals surface area contributed by atoms with Crippen LogP contribution in [0.15, 0.2) is 0 Å². The molecule has 0 bridgehead atoms. The van der Waals surface area contributed by atoms with E-state index >= 15 is 0 Å². The van der Waals surface area contributed by atoms with Crippen molar-refractivity contribution in [1.82, 2.24) is 0 Å². The van der Waals surface area contributed by atoms with Gasteiger partial charge in [-0.2, -0.15) is 0 Å². The van der Waals surface area contributed by atoms with Crippen molar-refractivity contribution in [2.75, 3.05) is 0 Å². The van der Waals surface area contributed by atoms with Gasteiger partial charge in [0.1, 0.15) is 0 Å². The first-order valence-corrected chi connectivity index (χ1v) is 4.16. The molecule has 0 rings (SSSR count). The zero-order valence-corrected chi connectivity index (χ0v) is 7.73. The second-order valence-electron chi connectivity index (χ2n) is 0.315. The first-order chi connectivity index (χ1) is 2.27. The molecular weight excluding hydrogens is 377 g/mol. The van der Waals surface area contributed by atoms with E-state index in [2.05, 4.69) is 1.17 Å². The molecule has 0 heterocycles. The number of hydrogen-bond donors (Lipinski definition) is 0. The summed E-state index contributed by atoms with van der Waals surface area (Å²) in [4.78, 5) is 0. The van der Waals surface area contributed by atoms with Gasteiger partial charge in [-0.05, 0) is 0 Å². The van der Waals surface area contributed by atoms with Crippen molar-refractivity contribution >= 4 is 37.7 Å². The number of hydrogen-bond acceptors (Lipinski definition) is 3. The quantitative estimate of drug-likeness (QED) is 0.537. The van der Waals surface area contributed by atoms with Gasteiger partial charge in [-0.15, -0.1) is 0 Å². The van der Waals surface area contributed by atoms with E-state index in [1.54, 1.807) is 0 Å². The van der Waals surface area contributed by atoms with Crippen molar-refractivity contribution in [1.29, 1.82) is 0 Å². The van der Waals surface area contributed by atoms with Crippen LogP contribution in [-0.4, -0.2) is 37.7 Å². The van der Waals surface area contributed by atoms with Gasteiger partial charge in [-0.3, -0.25) is 0 Å². The van der Waals surface area contributed by atoms with Crippen LogP contribution in [0.1, 0.15) is 0 Å². The second-order valence-corrected chi connectivity index (χ2v) is 4.43. The fraction of sp³-hybridized carbons (Fsp3) is 0. The third-order valence-electron chi connectivity index (χ3n) is 0.0745. The van der Waals surface area contributed by atoms with E-state index in [1.165, 1.54) is 0 Å². The summed E-state index contributed by atoms with van der Waals surface area (Å²) in [7, 11) is 0. The van der Waals surface area contributed by atoms with Crippen LogP contribution in [0.25, 0.3) is 0 Å². The Morgan fingerprint density at radius 3 is 1.67 bits per heavy atom. The number of rotatable bonds is 1. The molecule has 0 unspecified atom stereocenters. The molecular formula is H2CaO3UV. The average molecular weight is 379 g/mol. The van der Waals surface area contributed by atoms with Crippen molar-refractivity contribution in [3.05, 3.63) is 0 Å². The third-order valence-corrected chi connectivity index (χ3v) is 2.87. The van der Waals surface area contributed by atoms with Crippen LogP contribution in [0.3, 0.4) is 0 Å². The molecule has 6 heavy (non-hydrogen) atoms. The molecule has 0 radical (unpaired) electrons. The molecule has 0 N–H and O–H groups in total. The Kier molecular flexibility index (Phi) is 14.0. The zero-order chi connectivity index (χ0) is 4.28. The van der Waals surface area contributed by atoms with E-state index < -0.39 is 15.4 Å². The van der Waals surface area contributed by atoms with Crippen LogP contribution < -0.4 is 0 Å². The molecule has 0 aromatic rings. The van der Waals surface area contributed by atoms with E-state index in [1.807, 2.05) is 0 Å². The van der Waals surface area contributed by atoms with Crippen molar-refractivity contribution in [2.24, 2.45) is 0 Å². The van der Waals surface area contributed by atoms with Crippen molar-refractivity contribution in [3.8, 4) is 0 Å². The third kappa shape index (κ3) is 9.68. The van der Waals surface area contributed by atoms with Gasteiger partial charge >= 0.3 is 91.6 Å². The molecule has 6 heteroatoms. The van der Waals surface area contributed by atoms with E-state index in [-0.39, 0.29) is 67.7 Å². The van der Waals surface area contributed by atoms with E-state index in [0.29, 0.717) is 0 Å².